The van der Waals surface area contributed by atoms with Crippen LogP contribution in [0.25, 0.3) is 5.76 Å². The quantitative estimate of drug-likeness (QED) is 0.162. The molecule has 3 aromatic rings. The highest BCUT2D eigenvalue weighted by Gasteiger charge is 2.45. The molecule has 3 aromatic carbocycles. The maximum Gasteiger partial charge on any atom is 0.295 e. The van der Waals surface area contributed by atoms with Crippen molar-refractivity contribution in [3.63, 3.8) is 0 Å². The summed E-state index contributed by atoms with van der Waals surface area (Å²) in [6, 6.07) is 21.6. The van der Waals surface area contributed by atoms with Crippen LogP contribution in [0.3, 0.4) is 0 Å². The fraction of sp³-hybridized carbons (Fsp3) is 0.250. The molecule has 4 rings (SSSR count). The fourth-order valence-corrected chi connectivity index (χ4v) is 4.52. The van der Waals surface area contributed by atoms with Gasteiger partial charge in [-0.25, -0.2) is 0 Å². The van der Waals surface area contributed by atoms with Crippen molar-refractivity contribution in [1.82, 2.24) is 9.80 Å². The van der Waals surface area contributed by atoms with Gasteiger partial charge in [0.25, 0.3) is 11.7 Å². The third-order valence-corrected chi connectivity index (χ3v) is 6.58. The molecule has 0 saturated carbocycles. The molecule has 0 bridgehead atoms. The highest BCUT2D eigenvalue weighted by atomic mass is 16.5. The Labute approximate surface area is 229 Å². The number of rotatable bonds is 11. The molecule has 1 saturated heterocycles. The zero-order chi connectivity index (χ0) is 27.9. The van der Waals surface area contributed by atoms with Gasteiger partial charge in [0.1, 0.15) is 30.5 Å². The Morgan fingerprint density at radius 1 is 1.03 bits per heavy atom. The summed E-state index contributed by atoms with van der Waals surface area (Å²) in [5.41, 5.74) is 3.06. The average molecular weight is 527 g/mol. The highest BCUT2D eigenvalue weighted by Crippen LogP contribution is 2.40. The van der Waals surface area contributed by atoms with E-state index in [1.807, 2.05) is 80.5 Å². The third-order valence-electron chi connectivity index (χ3n) is 6.58. The van der Waals surface area contributed by atoms with Crippen molar-refractivity contribution in [1.29, 1.82) is 0 Å². The van der Waals surface area contributed by atoms with Crippen molar-refractivity contribution in [3.05, 3.63) is 113 Å². The molecule has 0 aromatic heterocycles. The Bertz CT molecular complexity index is 1360. The number of amides is 1. The molecule has 1 heterocycles. The number of Topliss-reactive ketones (excluding diaryl/α,β-unsaturated/α-hetero) is 1. The molecule has 39 heavy (non-hydrogen) atoms. The summed E-state index contributed by atoms with van der Waals surface area (Å²) in [5.74, 6) is -0.228. The average Bonchev–Trinajstić information content (AvgIpc) is 3.19. The van der Waals surface area contributed by atoms with E-state index in [2.05, 4.69) is 6.58 Å². The second-order valence-electron chi connectivity index (χ2n) is 9.72. The van der Waals surface area contributed by atoms with Crippen molar-refractivity contribution < 1.29 is 24.2 Å². The van der Waals surface area contributed by atoms with Crippen LogP contribution in [0.2, 0.25) is 0 Å². The Morgan fingerprint density at radius 3 is 2.38 bits per heavy atom. The predicted molar refractivity (Wildman–Crippen MR) is 152 cm³/mol. The first-order valence-corrected chi connectivity index (χ1v) is 12.8. The summed E-state index contributed by atoms with van der Waals surface area (Å²) in [6.07, 6.45) is 1.65. The lowest BCUT2D eigenvalue weighted by molar-refractivity contribution is -0.140. The number of aliphatic hydroxyl groups excluding tert-OH is 1. The lowest BCUT2D eigenvalue weighted by Crippen LogP contribution is -2.35. The first-order valence-electron chi connectivity index (χ1n) is 12.8. The van der Waals surface area contributed by atoms with Gasteiger partial charge < -0.3 is 24.4 Å². The number of hydrogen-bond donors (Lipinski definition) is 1. The molecule has 7 nitrogen and oxygen atoms in total. The van der Waals surface area contributed by atoms with Crippen molar-refractivity contribution in [2.45, 2.75) is 19.6 Å². The predicted octanol–water partition coefficient (Wildman–Crippen LogP) is 5.12. The van der Waals surface area contributed by atoms with E-state index in [0.29, 0.717) is 48.9 Å². The van der Waals surface area contributed by atoms with E-state index in [-0.39, 0.29) is 11.3 Å². The molecule has 1 N–H and O–H groups in total. The summed E-state index contributed by atoms with van der Waals surface area (Å²) in [5, 5.41) is 11.4. The minimum Gasteiger partial charge on any atom is -0.507 e. The molecule has 1 aliphatic heterocycles. The number of benzene rings is 3. The number of likely N-dealkylation sites (N-methyl/N-ethyl adjacent to an activating group) is 1. The number of nitrogens with zero attached hydrogens (tertiary/aromatic N) is 2. The molecule has 0 aliphatic carbocycles. The summed E-state index contributed by atoms with van der Waals surface area (Å²) < 4.78 is 11.6. The van der Waals surface area contributed by atoms with Gasteiger partial charge in [-0.05, 0) is 68.0 Å². The van der Waals surface area contributed by atoms with Crippen LogP contribution in [-0.2, 0) is 16.2 Å². The molecule has 1 aliphatic rings. The van der Waals surface area contributed by atoms with Crippen LogP contribution < -0.4 is 9.47 Å². The smallest absolute Gasteiger partial charge is 0.295 e. The molecule has 1 atom stereocenters. The fourth-order valence-electron chi connectivity index (χ4n) is 4.52. The summed E-state index contributed by atoms with van der Waals surface area (Å²) in [4.78, 5) is 29.9. The summed E-state index contributed by atoms with van der Waals surface area (Å²) in [6.45, 7) is 7.20. The van der Waals surface area contributed by atoms with Crippen LogP contribution in [0.4, 0.5) is 0 Å². The Morgan fingerprint density at radius 2 is 1.74 bits per heavy atom. The van der Waals surface area contributed by atoms with Gasteiger partial charge in [-0.2, -0.15) is 0 Å². The van der Waals surface area contributed by atoms with Crippen molar-refractivity contribution in [2.75, 3.05) is 33.8 Å². The largest absolute Gasteiger partial charge is 0.507 e. The van der Waals surface area contributed by atoms with E-state index >= 15 is 0 Å². The monoisotopic (exact) mass is 526 g/mol. The standard InChI is InChI=1S/C32H34N2O5/c1-5-19-38-27-16-13-25(20-22(27)2)30(35)28-29(34(18-17-33(3)4)32(37)31(28)36)24-11-14-26(15-12-24)39-21-23-9-7-6-8-10-23/h5-16,20,29,35H,1,17-19,21H2,2-4H3/t29-/m1/s1. The Hall–Kier alpha value is -4.36. The topological polar surface area (TPSA) is 79.3 Å². The number of likely N-dealkylation sites (tertiary alicyclic amines) is 1. The number of aliphatic hydroxyl groups is 1. The van der Waals surface area contributed by atoms with Gasteiger partial charge in [0.05, 0.1) is 11.6 Å². The van der Waals surface area contributed by atoms with Gasteiger partial charge in [0, 0.05) is 18.7 Å². The zero-order valence-electron chi connectivity index (χ0n) is 22.6. The number of carbonyl (C=O) groups excluding carboxylic acids is 2. The van der Waals surface area contributed by atoms with E-state index in [1.165, 1.54) is 4.90 Å². The number of ketones is 1. The molecule has 7 heteroatoms. The van der Waals surface area contributed by atoms with Gasteiger partial charge in [0.2, 0.25) is 0 Å². The van der Waals surface area contributed by atoms with Crippen LogP contribution >= 0.6 is 0 Å². The molecule has 1 amide bonds. The molecular weight excluding hydrogens is 492 g/mol. The van der Waals surface area contributed by atoms with Crippen molar-refractivity contribution in [2.24, 2.45) is 0 Å². The third kappa shape index (κ3) is 6.38. The lowest BCUT2D eigenvalue weighted by atomic mass is 9.94. The van der Waals surface area contributed by atoms with Crippen LogP contribution in [0.1, 0.15) is 28.3 Å². The minimum absolute atomic E-state index is 0.0656. The molecular formula is C32H34N2O5. The molecule has 0 spiro atoms. The second-order valence-corrected chi connectivity index (χ2v) is 9.72. The number of hydrogen-bond acceptors (Lipinski definition) is 6. The Kier molecular flexibility index (Phi) is 8.84. The van der Waals surface area contributed by atoms with E-state index in [0.717, 1.165) is 11.1 Å². The Balaban J connectivity index is 1.68. The number of carbonyl (C=O) groups is 2. The van der Waals surface area contributed by atoms with Crippen LogP contribution in [0.15, 0.2) is 91.0 Å². The summed E-state index contributed by atoms with van der Waals surface area (Å²) in [7, 11) is 3.81. The van der Waals surface area contributed by atoms with Crippen LogP contribution in [0.5, 0.6) is 11.5 Å². The van der Waals surface area contributed by atoms with Crippen molar-refractivity contribution in [3.8, 4) is 11.5 Å². The van der Waals surface area contributed by atoms with E-state index < -0.39 is 17.7 Å². The molecule has 202 valence electrons. The maximum absolute atomic E-state index is 13.3. The first kappa shape index (κ1) is 27.7. The molecule has 1 fully saturated rings. The van der Waals surface area contributed by atoms with Gasteiger partial charge >= 0.3 is 0 Å². The SMILES string of the molecule is C=CCOc1ccc(C(O)=C2C(=O)C(=O)N(CCN(C)C)[C@@H]2c2ccc(OCc3ccccc3)cc2)cc1C. The van der Waals surface area contributed by atoms with Gasteiger partial charge in [0.15, 0.2) is 0 Å². The molecule has 0 unspecified atom stereocenters. The van der Waals surface area contributed by atoms with Gasteiger partial charge in [-0.3, -0.25) is 9.59 Å². The van der Waals surface area contributed by atoms with Crippen LogP contribution in [-0.4, -0.2) is 60.4 Å². The van der Waals surface area contributed by atoms with Gasteiger partial charge in [-0.1, -0.05) is 55.1 Å². The van der Waals surface area contributed by atoms with E-state index in [9.17, 15) is 14.7 Å². The molecule has 0 radical (unpaired) electrons. The second kappa shape index (κ2) is 12.5. The number of aryl methyl sites for hydroxylation is 1. The van der Waals surface area contributed by atoms with Crippen LogP contribution in [0, 0.1) is 6.92 Å². The van der Waals surface area contributed by atoms with E-state index in [1.54, 1.807) is 24.3 Å². The summed E-state index contributed by atoms with van der Waals surface area (Å²) >= 11 is 0. The van der Waals surface area contributed by atoms with Crippen molar-refractivity contribution >= 4 is 17.4 Å². The maximum atomic E-state index is 13.3. The van der Waals surface area contributed by atoms with Gasteiger partial charge in [-0.15, -0.1) is 0 Å². The first-order chi connectivity index (χ1) is 18.8. The normalized spacial score (nSPS) is 16.5. The zero-order valence-corrected chi connectivity index (χ0v) is 22.6. The minimum atomic E-state index is -0.731. The lowest BCUT2D eigenvalue weighted by Gasteiger charge is -2.26. The highest BCUT2D eigenvalue weighted by molar-refractivity contribution is 6.46. The number of ether oxygens (including phenoxy) is 2. The van der Waals surface area contributed by atoms with E-state index in [4.69, 9.17) is 9.47 Å².